The molecule has 6 aromatic carbocycles. The minimum Gasteiger partial charge on any atom is -0.320 e. The first kappa shape index (κ1) is 55.8. The van der Waals surface area contributed by atoms with Crippen molar-refractivity contribution < 1.29 is 66.3 Å². The summed E-state index contributed by atoms with van der Waals surface area (Å²) in [4.78, 5) is 36.0. The van der Waals surface area contributed by atoms with Crippen molar-refractivity contribution in [1.29, 1.82) is 0 Å². The number of anilines is 4. The number of urea groups is 1. The minimum atomic E-state index is -5.18. The summed E-state index contributed by atoms with van der Waals surface area (Å²) in [5, 5.41) is 8.93. The average molecular weight is 963 g/mol. The molecule has 304 valence electrons. The van der Waals surface area contributed by atoms with E-state index in [1.807, 2.05) is 0 Å². The van der Waals surface area contributed by atoms with E-state index >= 15 is 0 Å². The van der Waals surface area contributed by atoms with Crippen LogP contribution in [0.25, 0.3) is 21.5 Å². The molecular weight excluding hydrogens is 937 g/mol. The Balaban J connectivity index is 0.00000331. The first-order valence-electron chi connectivity index (χ1n) is 15.9. The first-order valence-corrected chi connectivity index (χ1v) is 21.7. The number of amides is 4. The molecule has 0 unspecified atom stereocenters. The number of benzene rings is 6. The smallest absolute Gasteiger partial charge is 0.320 e. The summed E-state index contributed by atoms with van der Waals surface area (Å²) in [5.74, 6) is -1.93. The zero-order chi connectivity index (χ0) is 42.4. The Labute approximate surface area is 442 Å². The van der Waals surface area contributed by atoms with Gasteiger partial charge in [-0.3, -0.25) is 27.8 Å². The number of carbonyl (C=O) groups excluding carboxylic acids is 3. The molecule has 0 aliphatic heterocycles. The van der Waals surface area contributed by atoms with Crippen molar-refractivity contribution in [2.45, 2.75) is 19.6 Å². The Kier molecular flexibility index (Phi) is 19.6. The van der Waals surface area contributed by atoms with Crippen LogP contribution >= 0.6 is 0 Å². The molecule has 0 aliphatic rings. The van der Waals surface area contributed by atoms with Gasteiger partial charge in [0.15, 0.2) is 0 Å². The Hall–Kier alpha value is -2.31. The molecule has 0 spiro atoms. The van der Waals surface area contributed by atoms with E-state index in [9.17, 15) is 66.3 Å². The third kappa shape index (κ3) is 12.9. The van der Waals surface area contributed by atoms with Gasteiger partial charge in [-0.2, -0.15) is 33.7 Å². The van der Waals surface area contributed by atoms with E-state index in [-0.39, 0.29) is 162 Å². The molecule has 4 radical (unpaired) electrons. The number of nitrogens with one attached hydrogen (secondary N) is 4. The maximum atomic E-state index is 13.4. The predicted molar refractivity (Wildman–Crippen MR) is 232 cm³/mol. The van der Waals surface area contributed by atoms with Gasteiger partial charge < -0.3 is 21.3 Å². The Morgan fingerprint density at radius 2 is 0.677 bits per heavy atom. The molecule has 0 saturated heterocycles. The van der Waals surface area contributed by atoms with Gasteiger partial charge in [-0.1, -0.05) is 60.7 Å². The molecule has 0 atom stereocenters. The van der Waals surface area contributed by atoms with Gasteiger partial charge in [-0.25, -0.2) is 4.79 Å². The zero-order valence-corrected chi connectivity index (χ0v) is 44.1. The van der Waals surface area contributed by atoms with Crippen molar-refractivity contribution >= 4 is 221 Å². The monoisotopic (exact) mass is 962 g/mol. The van der Waals surface area contributed by atoms with E-state index in [1.54, 1.807) is 0 Å². The summed E-state index contributed by atoms with van der Waals surface area (Å²) in [6.07, 6.45) is 0. The van der Waals surface area contributed by atoms with Gasteiger partial charge in [-0.05, 0) is 48.5 Å². The minimum absolute atomic E-state index is 0. The molecule has 27 heteroatoms. The SMILES string of the molecule is O=C(Nc1cccc(C(=O)Nc2c(S(=O)(=O)O)cc(S(=O)(=O)O)c3ccccc23)c1)Nc1cccc(C(=O)Nc2c(S(=O)(=O)O)cc(S(=O)(=O)O)c3ccccc23)c1.[Na].[Na].[Na].[Na]. The van der Waals surface area contributed by atoms with Crippen molar-refractivity contribution in [1.82, 2.24) is 0 Å². The average Bonchev–Trinajstić information content (AvgIpc) is 3.13. The van der Waals surface area contributed by atoms with Crippen molar-refractivity contribution in [3.63, 3.8) is 0 Å². The molecule has 0 fully saturated rings. The topological polar surface area (TPSA) is 317 Å². The summed E-state index contributed by atoms with van der Waals surface area (Å²) < 4.78 is 137. The van der Waals surface area contributed by atoms with Crippen LogP contribution in [0.1, 0.15) is 20.7 Å². The maximum Gasteiger partial charge on any atom is 0.323 e. The van der Waals surface area contributed by atoms with Gasteiger partial charge in [0, 0.05) is 162 Å². The molecule has 0 saturated carbocycles. The Morgan fingerprint density at radius 1 is 0.371 bits per heavy atom. The van der Waals surface area contributed by atoms with Crippen molar-refractivity contribution in [2.24, 2.45) is 0 Å². The fraction of sp³-hybridized carbons (Fsp3) is 0. The summed E-state index contributed by atoms with van der Waals surface area (Å²) in [6.45, 7) is 0. The molecule has 4 amide bonds. The van der Waals surface area contributed by atoms with Gasteiger partial charge in [0.2, 0.25) is 0 Å². The molecular formula is C35H26N4Na4O15S4. The number of fused-ring (bicyclic) bond motifs is 2. The molecule has 0 aromatic heterocycles. The van der Waals surface area contributed by atoms with E-state index in [0.29, 0.717) is 12.1 Å². The fourth-order valence-electron chi connectivity index (χ4n) is 5.87. The van der Waals surface area contributed by atoms with Crippen molar-refractivity contribution in [3.05, 3.63) is 120 Å². The van der Waals surface area contributed by atoms with Crippen LogP contribution in [0.3, 0.4) is 0 Å². The van der Waals surface area contributed by atoms with Crippen LogP contribution < -0.4 is 21.3 Å². The third-order valence-electron chi connectivity index (χ3n) is 8.29. The number of carbonyl (C=O) groups is 3. The largest absolute Gasteiger partial charge is 0.323 e. The predicted octanol–water partition coefficient (Wildman–Crippen LogP) is 3.61. The Morgan fingerprint density at radius 3 is 0.984 bits per heavy atom. The molecule has 62 heavy (non-hydrogen) atoms. The summed E-state index contributed by atoms with van der Waals surface area (Å²) in [5.41, 5.74) is -1.26. The summed E-state index contributed by atoms with van der Waals surface area (Å²) in [6, 6.07) is 21.0. The van der Waals surface area contributed by atoms with Crippen LogP contribution in [0.4, 0.5) is 27.5 Å². The molecule has 0 bridgehead atoms. The Bertz CT molecular complexity index is 3000. The van der Waals surface area contributed by atoms with Crippen LogP contribution in [0.2, 0.25) is 0 Å². The fourth-order valence-corrected chi connectivity index (χ4v) is 8.83. The summed E-state index contributed by atoms with van der Waals surface area (Å²) in [7, 11) is -20.4. The molecule has 0 aliphatic carbocycles. The van der Waals surface area contributed by atoms with E-state index in [4.69, 9.17) is 0 Å². The van der Waals surface area contributed by atoms with E-state index < -0.39 is 89.3 Å². The van der Waals surface area contributed by atoms with E-state index in [0.717, 1.165) is 0 Å². The number of hydrogen-bond donors (Lipinski definition) is 8. The van der Waals surface area contributed by atoms with Gasteiger partial charge in [0.1, 0.15) is 19.6 Å². The quantitative estimate of drug-likeness (QED) is 0.0718. The van der Waals surface area contributed by atoms with Crippen LogP contribution in [0.5, 0.6) is 0 Å². The third-order valence-corrected chi connectivity index (χ3v) is 11.8. The van der Waals surface area contributed by atoms with Gasteiger partial charge >= 0.3 is 6.03 Å². The van der Waals surface area contributed by atoms with Crippen LogP contribution in [-0.4, -0.2) is 188 Å². The molecule has 6 aromatic rings. The van der Waals surface area contributed by atoms with Gasteiger partial charge in [0.25, 0.3) is 52.3 Å². The second-order valence-electron chi connectivity index (χ2n) is 12.1. The maximum absolute atomic E-state index is 13.4. The van der Waals surface area contributed by atoms with Gasteiger partial charge in [-0.15, -0.1) is 0 Å². The van der Waals surface area contributed by atoms with E-state index in [2.05, 4.69) is 21.3 Å². The zero-order valence-electron chi connectivity index (χ0n) is 32.8. The van der Waals surface area contributed by atoms with E-state index in [1.165, 1.54) is 97.1 Å². The molecule has 0 heterocycles. The molecule has 6 rings (SSSR count). The molecule has 8 N–H and O–H groups in total. The van der Waals surface area contributed by atoms with Crippen molar-refractivity contribution in [3.8, 4) is 0 Å². The van der Waals surface area contributed by atoms with Gasteiger partial charge in [0.05, 0.1) is 11.4 Å². The number of rotatable bonds is 10. The standard InChI is InChI=1S/C35H26N4O15S4.4Na/c40-33(38-31-25-13-3-1-11-23(25)27(55(43,44)45)17-29(31)57(49,50)51)19-7-5-9-21(15-19)36-35(42)37-22-10-6-8-20(16-22)34(41)39-32-26-14-4-2-12-24(26)28(56(46,47)48)18-30(32)58(52,53)54;;;;/h1-18H,(H,38,40)(H,39,41)(H2,36,37,42)(H,43,44,45)(H,46,47,48)(H,49,50,51)(H,52,53,54);;;;. The van der Waals surface area contributed by atoms with Crippen LogP contribution in [-0.2, 0) is 40.5 Å². The number of hydrogen-bond acceptors (Lipinski definition) is 11. The van der Waals surface area contributed by atoms with Crippen molar-refractivity contribution in [2.75, 3.05) is 21.3 Å². The second-order valence-corrected chi connectivity index (χ2v) is 17.7. The van der Waals surface area contributed by atoms with Crippen LogP contribution in [0, 0.1) is 0 Å². The van der Waals surface area contributed by atoms with Crippen LogP contribution in [0.15, 0.2) is 129 Å². The molecule has 19 nitrogen and oxygen atoms in total. The second kappa shape index (κ2) is 21.8. The summed E-state index contributed by atoms with van der Waals surface area (Å²) >= 11 is 0. The normalized spacial score (nSPS) is 11.4. The first-order chi connectivity index (χ1) is 27.0.